The minimum absolute atomic E-state index is 0.0280. The molecule has 92 valence electrons. The quantitative estimate of drug-likeness (QED) is 0.328. The number of nitrogens with one attached hydrogen (secondary N) is 1. The van der Waals surface area contributed by atoms with Crippen LogP contribution >= 0.6 is 0 Å². The van der Waals surface area contributed by atoms with Crippen LogP contribution in [-0.2, 0) is 4.74 Å². The van der Waals surface area contributed by atoms with Crippen LogP contribution in [0.2, 0.25) is 0 Å². The van der Waals surface area contributed by atoms with Crippen LogP contribution in [0.3, 0.4) is 0 Å². The van der Waals surface area contributed by atoms with Gasteiger partial charge in [0.2, 0.25) is 0 Å². The average molecular weight is 239 g/mol. The molecule has 0 atom stereocenters. The van der Waals surface area contributed by atoms with E-state index >= 15 is 0 Å². The van der Waals surface area contributed by atoms with Gasteiger partial charge in [-0.05, 0) is 18.2 Å². The number of ether oxygens (including phenoxy) is 1. The van der Waals surface area contributed by atoms with Crippen molar-refractivity contribution in [1.82, 2.24) is 5.32 Å². The summed E-state index contributed by atoms with van der Waals surface area (Å²) in [6, 6.07) is 4.05. The van der Waals surface area contributed by atoms with Crippen LogP contribution in [0.1, 0.15) is 10.4 Å². The smallest absolute Gasteiger partial charge is 0.404 e. The first-order valence-corrected chi connectivity index (χ1v) is 4.79. The van der Waals surface area contributed by atoms with Gasteiger partial charge in [-0.2, -0.15) is 0 Å². The number of nitrogens with two attached hydrogens (primary N) is 2. The van der Waals surface area contributed by atoms with Crippen molar-refractivity contribution in [2.45, 2.75) is 0 Å². The van der Waals surface area contributed by atoms with Crippen LogP contribution in [-0.4, -0.2) is 30.3 Å². The van der Waals surface area contributed by atoms with E-state index in [9.17, 15) is 14.7 Å². The van der Waals surface area contributed by atoms with E-state index < -0.39 is 12.0 Å². The maximum atomic E-state index is 11.6. The molecule has 0 heterocycles. The molecule has 7 nitrogen and oxygen atoms in total. The Bertz CT molecular complexity index is 434. The zero-order valence-electron chi connectivity index (χ0n) is 8.97. The Kier molecular flexibility index (Phi) is 4.15. The zero-order chi connectivity index (χ0) is 12.8. The molecule has 0 aliphatic carbocycles. The highest BCUT2D eigenvalue weighted by Gasteiger charge is 2.09. The van der Waals surface area contributed by atoms with E-state index in [0.717, 1.165) is 0 Å². The van der Waals surface area contributed by atoms with Crippen LogP contribution < -0.4 is 16.8 Å². The number of benzene rings is 1. The Balaban J connectivity index is 2.52. The molecule has 0 saturated carbocycles. The maximum absolute atomic E-state index is 11.6. The number of phenolic OH excluding ortho intramolecular Hbond substituents is 1. The second-order valence-corrected chi connectivity index (χ2v) is 3.19. The first kappa shape index (κ1) is 12.6. The maximum Gasteiger partial charge on any atom is 0.404 e. The Morgan fingerprint density at radius 2 is 2.12 bits per heavy atom. The fourth-order valence-corrected chi connectivity index (χ4v) is 1.15. The lowest BCUT2D eigenvalue weighted by atomic mass is 10.1. The molecule has 2 amide bonds. The van der Waals surface area contributed by atoms with E-state index in [-0.39, 0.29) is 30.2 Å². The lowest BCUT2D eigenvalue weighted by Gasteiger charge is -2.07. The van der Waals surface area contributed by atoms with Crippen LogP contribution in [0.25, 0.3) is 0 Å². The fraction of sp³-hybridized carbons (Fsp3) is 0.200. The van der Waals surface area contributed by atoms with Crippen molar-refractivity contribution in [2.75, 3.05) is 18.9 Å². The lowest BCUT2D eigenvalue weighted by Crippen LogP contribution is -2.29. The van der Waals surface area contributed by atoms with Crippen molar-refractivity contribution in [3.63, 3.8) is 0 Å². The molecule has 0 spiro atoms. The van der Waals surface area contributed by atoms with Crippen LogP contribution in [0.4, 0.5) is 10.5 Å². The highest BCUT2D eigenvalue weighted by Crippen LogP contribution is 2.17. The SMILES string of the molecule is NC(=O)OCCNC(=O)c1cc(O)ccc1N. The summed E-state index contributed by atoms with van der Waals surface area (Å²) in [6.07, 6.45) is -0.906. The predicted octanol–water partition coefficient (Wildman–Crippen LogP) is -0.200. The first-order chi connectivity index (χ1) is 8.00. The number of primary amides is 1. The molecule has 0 aromatic heterocycles. The van der Waals surface area contributed by atoms with Gasteiger partial charge in [0.15, 0.2) is 0 Å². The van der Waals surface area contributed by atoms with E-state index in [0.29, 0.717) is 0 Å². The highest BCUT2D eigenvalue weighted by atomic mass is 16.5. The van der Waals surface area contributed by atoms with Crippen molar-refractivity contribution >= 4 is 17.7 Å². The summed E-state index contributed by atoms with van der Waals surface area (Å²) in [5.41, 5.74) is 10.7. The molecule has 0 unspecified atom stereocenters. The second kappa shape index (κ2) is 5.59. The first-order valence-electron chi connectivity index (χ1n) is 4.79. The van der Waals surface area contributed by atoms with Gasteiger partial charge in [-0.25, -0.2) is 4.79 Å². The molecule has 1 aromatic rings. The van der Waals surface area contributed by atoms with E-state index in [4.69, 9.17) is 11.5 Å². The van der Waals surface area contributed by atoms with Gasteiger partial charge in [-0.1, -0.05) is 0 Å². The Hall–Kier alpha value is -2.44. The molecule has 0 saturated heterocycles. The summed E-state index contributed by atoms with van der Waals surface area (Å²) in [5, 5.41) is 11.7. The monoisotopic (exact) mass is 239 g/mol. The number of nitrogen functional groups attached to an aromatic ring is 1. The Morgan fingerprint density at radius 1 is 1.41 bits per heavy atom. The average Bonchev–Trinajstić information content (AvgIpc) is 2.27. The van der Waals surface area contributed by atoms with Crippen molar-refractivity contribution in [3.05, 3.63) is 23.8 Å². The number of hydrogen-bond donors (Lipinski definition) is 4. The third kappa shape index (κ3) is 3.90. The van der Waals surface area contributed by atoms with E-state index in [1.807, 2.05) is 0 Å². The number of phenols is 1. The van der Waals surface area contributed by atoms with Crippen LogP contribution in [0.15, 0.2) is 18.2 Å². The predicted molar refractivity (Wildman–Crippen MR) is 60.4 cm³/mol. The zero-order valence-corrected chi connectivity index (χ0v) is 8.97. The molecular formula is C10H13N3O4. The third-order valence-electron chi connectivity index (χ3n) is 1.91. The van der Waals surface area contributed by atoms with E-state index in [1.165, 1.54) is 18.2 Å². The fourth-order valence-electron chi connectivity index (χ4n) is 1.15. The van der Waals surface area contributed by atoms with Gasteiger partial charge in [0, 0.05) is 5.69 Å². The highest BCUT2D eigenvalue weighted by molar-refractivity contribution is 5.99. The van der Waals surface area contributed by atoms with Gasteiger partial charge in [-0.15, -0.1) is 0 Å². The molecule has 0 fully saturated rings. The summed E-state index contributed by atoms with van der Waals surface area (Å²) in [4.78, 5) is 21.8. The molecule has 0 aliphatic rings. The van der Waals surface area contributed by atoms with Gasteiger partial charge >= 0.3 is 6.09 Å². The number of hydrogen-bond acceptors (Lipinski definition) is 5. The third-order valence-corrected chi connectivity index (χ3v) is 1.91. The standard InChI is InChI=1S/C10H13N3O4/c11-8-2-1-6(14)5-7(8)9(15)13-3-4-17-10(12)16/h1-2,5,14H,3-4,11H2,(H2,12,16)(H,13,15). The normalized spacial score (nSPS) is 9.65. The summed E-state index contributed by atoms with van der Waals surface area (Å²) in [7, 11) is 0. The second-order valence-electron chi connectivity index (χ2n) is 3.19. The minimum Gasteiger partial charge on any atom is -0.508 e. The summed E-state index contributed by atoms with van der Waals surface area (Å²) in [5.74, 6) is -0.524. The van der Waals surface area contributed by atoms with Gasteiger partial charge < -0.3 is 26.6 Å². The van der Waals surface area contributed by atoms with E-state index in [2.05, 4.69) is 10.1 Å². The van der Waals surface area contributed by atoms with Crippen molar-refractivity contribution in [1.29, 1.82) is 0 Å². The Morgan fingerprint density at radius 3 is 2.76 bits per heavy atom. The van der Waals surface area contributed by atoms with E-state index in [1.54, 1.807) is 0 Å². The number of rotatable bonds is 4. The number of amides is 2. The number of carbonyl (C=O) groups is 2. The van der Waals surface area contributed by atoms with Gasteiger partial charge in [0.25, 0.3) is 5.91 Å². The molecule has 1 aromatic carbocycles. The van der Waals surface area contributed by atoms with Crippen molar-refractivity contribution in [3.8, 4) is 5.75 Å². The lowest BCUT2D eigenvalue weighted by molar-refractivity contribution is 0.0937. The summed E-state index contributed by atoms with van der Waals surface area (Å²) >= 11 is 0. The molecule has 0 radical (unpaired) electrons. The van der Waals surface area contributed by atoms with Gasteiger partial charge in [-0.3, -0.25) is 4.79 Å². The molecule has 17 heavy (non-hydrogen) atoms. The Labute approximate surface area is 97.4 Å². The number of carbonyl (C=O) groups excluding carboxylic acids is 2. The summed E-state index contributed by atoms with van der Waals surface area (Å²) < 4.78 is 4.43. The number of aromatic hydroxyl groups is 1. The summed E-state index contributed by atoms with van der Waals surface area (Å²) in [6.45, 7) is 0.0800. The minimum atomic E-state index is -0.906. The molecule has 0 aliphatic heterocycles. The van der Waals surface area contributed by atoms with Crippen molar-refractivity contribution in [2.24, 2.45) is 5.73 Å². The van der Waals surface area contributed by atoms with Gasteiger partial charge in [0.1, 0.15) is 12.4 Å². The molecule has 0 bridgehead atoms. The van der Waals surface area contributed by atoms with Crippen molar-refractivity contribution < 1.29 is 19.4 Å². The topological polar surface area (TPSA) is 128 Å². The van der Waals surface area contributed by atoms with Crippen LogP contribution in [0.5, 0.6) is 5.75 Å². The molecular weight excluding hydrogens is 226 g/mol. The molecule has 6 N–H and O–H groups in total. The van der Waals surface area contributed by atoms with Crippen LogP contribution in [0, 0.1) is 0 Å². The van der Waals surface area contributed by atoms with Gasteiger partial charge in [0.05, 0.1) is 12.1 Å². The number of anilines is 1. The molecule has 7 heteroatoms. The largest absolute Gasteiger partial charge is 0.508 e. The molecule has 1 rings (SSSR count).